The second-order valence-electron chi connectivity index (χ2n) is 7.13. The van der Waals surface area contributed by atoms with Gasteiger partial charge >= 0.3 is 0 Å². The van der Waals surface area contributed by atoms with Gasteiger partial charge in [0, 0.05) is 56.9 Å². The minimum absolute atomic E-state index is 0.696. The van der Waals surface area contributed by atoms with Crippen LogP contribution in [0.5, 0.6) is 0 Å². The normalized spacial score (nSPS) is 18.1. The molecule has 1 aliphatic carbocycles. The largest absolute Gasteiger partial charge is 0.367 e. The van der Waals surface area contributed by atoms with Gasteiger partial charge in [0.05, 0.1) is 11.4 Å². The average molecular weight is 334 g/mol. The molecule has 1 aliphatic heterocycles. The first-order valence-electron chi connectivity index (χ1n) is 9.03. The number of imidazole rings is 1. The van der Waals surface area contributed by atoms with Crippen LogP contribution in [0.3, 0.4) is 0 Å². The van der Waals surface area contributed by atoms with Crippen LogP contribution in [0.15, 0.2) is 36.9 Å². The monoisotopic (exact) mass is 334 g/mol. The molecule has 4 heterocycles. The van der Waals surface area contributed by atoms with E-state index in [1.54, 1.807) is 0 Å². The van der Waals surface area contributed by atoms with Crippen molar-refractivity contribution in [2.75, 3.05) is 36.0 Å². The Balaban J connectivity index is 1.31. The first-order chi connectivity index (χ1) is 12.3. The fourth-order valence-electron chi connectivity index (χ4n) is 3.48. The molecule has 2 fully saturated rings. The van der Waals surface area contributed by atoms with Crippen molar-refractivity contribution >= 4 is 17.3 Å². The number of hydrogen-bond donors (Lipinski definition) is 0. The van der Waals surface area contributed by atoms with E-state index in [0.29, 0.717) is 5.92 Å². The second-order valence-corrected chi connectivity index (χ2v) is 7.13. The maximum atomic E-state index is 4.74. The van der Waals surface area contributed by atoms with Gasteiger partial charge in [0.15, 0.2) is 0 Å². The second kappa shape index (κ2) is 5.72. The fourth-order valence-corrected chi connectivity index (χ4v) is 3.48. The lowest BCUT2D eigenvalue weighted by Gasteiger charge is -2.36. The molecule has 2 aliphatic rings. The van der Waals surface area contributed by atoms with Crippen LogP contribution in [0, 0.1) is 6.92 Å². The number of fused-ring (bicyclic) bond motifs is 1. The van der Waals surface area contributed by atoms with Gasteiger partial charge in [-0.2, -0.15) is 0 Å². The molecule has 5 rings (SSSR count). The van der Waals surface area contributed by atoms with Crippen LogP contribution in [0.25, 0.3) is 5.65 Å². The molecule has 0 N–H and O–H groups in total. The summed E-state index contributed by atoms with van der Waals surface area (Å²) in [4.78, 5) is 18.3. The quantitative estimate of drug-likeness (QED) is 0.737. The summed E-state index contributed by atoms with van der Waals surface area (Å²) in [5.41, 5.74) is 4.66. The summed E-state index contributed by atoms with van der Waals surface area (Å²) >= 11 is 0. The van der Waals surface area contributed by atoms with Crippen LogP contribution in [0.4, 0.5) is 11.6 Å². The van der Waals surface area contributed by atoms with E-state index in [9.17, 15) is 0 Å². The molecule has 1 saturated heterocycles. The summed E-state index contributed by atoms with van der Waals surface area (Å²) < 4.78 is 2.18. The molecule has 6 nitrogen and oxygen atoms in total. The Kier molecular flexibility index (Phi) is 3.36. The zero-order valence-corrected chi connectivity index (χ0v) is 14.5. The molecule has 1 saturated carbocycles. The van der Waals surface area contributed by atoms with Crippen molar-refractivity contribution in [3.8, 4) is 0 Å². The topological polar surface area (TPSA) is 49.6 Å². The third-order valence-corrected chi connectivity index (χ3v) is 5.14. The summed E-state index contributed by atoms with van der Waals surface area (Å²) in [7, 11) is 0. The van der Waals surface area contributed by atoms with Crippen molar-refractivity contribution in [3.63, 3.8) is 0 Å². The molecule has 3 aromatic heterocycles. The van der Waals surface area contributed by atoms with Gasteiger partial charge in [-0.25, -0.2) is 15.0 Å². The molecule has 25 heavy (non-hydrogen) atoms. The van der Waals surface area contributed by atoms with Crippen LogP contribution in [-0.2, 0) is 0 Å². The molecule has 0 aromatic carbocycles. The number of nitrogens with zero attached hydrogens (tertiary/aromatic N) is 6. The lowest BCUT2D eigenvalue weighted by Crippen LogP contribution is -2.47. The van der Waals surface area contributed by atoms with Crippen molar-refractivity contribution in [1.29, 1.82) is 0 Å². The van der Waals surface area contributed by atoms with Gasteiger partial charge in [-0.1, -0.05) is 0 Å². The summed E-state index contributed by atoms with van der Waals surface area (Å²) in [6.45, 7) is 5.86. The molecule has 0 radical (unpaired) electrons. The van der Waals surface area contributed by atoms with Crippen molar-refractivity contribution in [3.05, 3.63) is 48.2 Å². The molecule has 0 bridgehead atoms. The zero-order valence-electron chi connectivity index (χ0n) is 14.5. The van der Waals surface area contributed by atoms with Gasteiger partial charge in [0.1, 0.15) is 5.65 Å². The van der Waals surface area contributed by atoms with Gasteiger partial charge in [-0.15, -0.1) is 0 Å². The summed E-state index contributed by atoms with van der Waals surface area (Å²) in [6.07, 6.45) is 10.8. The van der Waals surface area contributed by atoms with Crippen LogP contribution in [0.2, 0.25) is 0 Å². The van der Waals surface area contributed by atoms with E-state index in [-0.39, 0.29) is 0 Å². The molecular weight excluding hydrogens is 312 g/mol. The van der Waals surface area contributed by atoms with E-state index in [4.69, 9.17) is 4.98 Å². The highest BCUT2D eigenvalue weighted by atomic mass is 15.3. The molecule has 0 amide bonds. The smallest absolute Gasteiger partial charge is 0.225 e. The predicted octanol–water partition coefficient (Wildman–Crippen LogP) is 2.64. The number of piperazine rings is 1. The van der Waals surface area contributed by atoms with E-state index >= 15 is 0 Å². The van der Waals surface area contributed by atoms with Crippen molar-refractivity contribution < 1.29 is 0 Å². The summed E-state index contributed by atoms with van der Waals surface area (Å²) in [5.74, 6) is 1.53. The molecule has 0 spiro atoms. The number of rotatable bonds is 3. The van der Waals surface area contributed by atoms with Crippen molar-refractivity contribution in [2.45, 2.75) is 25.7 Å². The molecule has 0 atom stereocenters. The maximum Gasteiger partial charge on any atom is 0.225 e. The van der Waals surface area contributed by atoms with Crippen molar-refractivity contribution in [1.82, 2.24) is 19.4 Å². The number of aromatic nitrogens is 4. The SMILES string of the molecule is Cc1cnc(N2CCN(c3ccc4nc(C5CC5)cn4c3)CC2)nc1. The van der Waals surface area contributed by atoms with Crippen molar-refractivity contribution in [2.24, 2.45) is 0 Å². The Labute approximate surface area is 147 Å². The van der Waals surface area contributed by atoms with Gasteiger partial charge in [-0.3, -0.25) is 0 Å². The van der Waals surface area contributed by atoms with E-state index in [1.807, 2.05) is 19.3 Å². The molecule has 6 heteroatoms. The fraction of sp³-hybridized carbons (Fsp3) is 0.421. The number of anilines is 2. The van der Waals surface area contributed by atoms with E-state index in [1.165, 1.54) is 24.2 Å². The summed E-state index contributed by atoms with van der Waals surface area (Å²) in [6, 6.07) is 4.33. The minimum Gasteiger partial charge on any atom is -0.367 e. The Hall–Kier alpha value is -2.63. The van der Waals surface area contributed by atoms with Gasteiger partial charge in [-0.05, 0) is 37.5 Å². The molecule has 3 aromatic rings. The zero-order chi connectivity index (χ0) is 16.8. The Bertz CT molecular complexity index is 888. The van der Waals surface area contributed by atoms with Crippen LogP contribution in [0.1, 0.15) is 30.0 Å². The molecule has 0 unspecified atom stereocenters. The lowest BCUT2D eigenvalue weighted by molar-refractivity contribution is 0.638. The van der Waals surface area contributed by atoms with Crippen LogP contribution < -0.4 is 9.80 Å². The maximum absolute atomic E-state index is 4.74. The first-order valence-corrected chi connectivity index (χ1v) is 9.03. The average Bonchev–Trinajstić information content (AvgIpc) is 3.41. The Morgan fingerprint density at radius 3 is 2.36 bits per heavy atom. The third-order valence-electron chi connectivity index (χ3n) is 5.14. The van der Waals surface area contributed by atoms with Gasteiger partial charge < -0.3 is 14.2 Å². The van der Waals surface area contributed by atoms with E-state index in [0.717, 1.165) is 43.3 Å². The highest BCUT2D eigenvalue weighted by Gasteiger charge is 2.26. The minimum atomic E-state index is 0.696. The Morgan fingerprint density at radius 2 is 1.64 bits per heavy atom. The van der Waals surface area contributed by atoms with E-state index in [2.05, 4.69) is 48.7 Å². The molecular formula is C19H22N6. The van der Waals surface area contributed by atoms with Gasteiger partial charge in [0.2, 0.25) is 5.95 Å². The standard InChI is InChI=1S/C19H22N6/c1-14-10-20-19(21-11-14)24-8-6-23(7-9-24)16-4-5-18-22-17(15-2-3-15)13-25(18)12-16/h4-5,10-13,15H,2-3,6-9H2,1H3. The highest BCUT2D eigenvalue weighted by Crippen LogP contribution is 2.39. The third kappa shape index (κ3) is 2.81. The first kappa shape index (κ1) is 14.7. The summed E-state index contributed by atoms with van der Waals surface area (Å²) in [5, 5.41) is 0. The van der Waals surface area contributed by atoms with Crippen LogP contribution >= 0.6 is 0 Å². The number of aryl methyl sites for hydroxylation is 1. The van der Waals surface area contributed by atoms with Gasteiger partial charge in [0.25, 0.3) is 0 Å². The highest BCUT2D eigenvalue weighted by molar-refractivity contribution is 5.54. The van der Waals surface area contributed by atoms with Crippen LogP contribution in [-0.4, -0.2) is 45.5 Å². The lowest BCUT2D eigenvalue weighted by atomic mass is 10.3. The Morgan fingerprint density at radius 1 is 0.920 bits per heavy atom. The molecule has 128 valence electrons. The predicted molar refractivity (Wildman–Crippen MR) is 98.4 cm³/mol. The number of hydrogen-bond acceptors (Lipinski definition) is 5. The number of pyridine rings is 1. The van der Waals surface area contributed by atoms with E-state index < -0.39 is 0 Å².